The molecule has 1 aromatic rings. The van der Waals surface area contributed by atoms with Gasteiger partial charge in [-0.15, -0.1) is 0 Å². The summed E-state index contributed by atoms with van der Waals surface area (Å²) < 4.78 is 5.12. The first-order valence-electron chi connectivity index (χ1n) is 9.76. The van der Waals surface area contributed by atoms with Gasteiger partial charge in [-0.25, -0.2) is 4.79 Å². The number of likely N-dealkylation sites (N-methyl/N-ethyl adjacent to an activating group) is 1. The Morgan fingerprint density at radius 2 is 1.86 bits per heavy atom. The third-order valence-electron chi connectivity index (χ3n) is 4.20. The van der Waals surface area contributed by atoms with Crippen LogP contribution in [0.3, 0.4) is 0 Å². The molecule has 162 valence electrons. The van der Waals surface area contributed by atoms with Gasteiger partial charge in [0.25, 0.3) is 0 Å². The van der Waals surface area contributed by atoms with Crippen LogP contribution >= 0.6 is 0 Å². The van der Waals surface area contributed by atoms with Gasteiger partial charge in [0.2, 0.25) is 11.8 Å². The van der Waals surface area contributed by atoms with Crippen LogP contribution in [-0.2, 0) is 14.3 Å². The lowest BCUT2D eigenvalue weighted by molar-refractivity contribution is -0.138. The highest BCUT2D eigenvalue weighted by atomic mass is 16.6. The number of hydrogen-bond donors (Lipinski definition) is 3. The number of nitrogens with zero attached hydrogens (tertiary/aromatic N) is 1. The maximum absolute atomic E-state index is 12.8. The molecule has 0 spiro atoms. The zero-order valence-corrected chi connectivity index (χ0v) is 18.2. The Morgan fingerprint density at radius 1 is 1.21 bits per heavy atom. The minimum atomic E-state index is -1.03. The normalized spacial score (nSPS) is 12.1. The fourth-order valence-corrected chi connectivity index (χ4v) is 2.64. The zero-order valence-electron chi connectivity index (χ0n) is 18.2. The van der Waals surface area contributed by atoms with E-state index in [9.17, 15) is 19.5 Å². The van der Waals surface area contributed by atoms with Gasteiger partial charge in [-0.1, -0.05) is 31.5 Å². The summed E-state index contributed by atoms with van der Waals surface area (Å²) in [6, 6.07) is 4.02. The number of ether oxygens (including phenoxy) is 1. The topological polar surface area (TPSA) is 108 Å². The Labute approximate surface area is 172 Å². The highest BCUT2D eigenvalue weighted by Gasteiger charge is 2.31. The van der Waals surface area contributed by atoms with Crippen molar-refractivity contribution >= 4 is 17.9 Å². The molecule has 0 fully saturated rings. The molecule has 1 atom stereocenters. The Balaban J connectivity index is 2.99. The van der Waals surface area contributed by atoms with E-state index in [0.717, 1.165) is 12.8 Å². The van der Waals surface area contributed by atoms with Gasteiger partial charge in [-0.3, -0.25) is 9.59 Å². The molecule has 1 aromatic carbocycles. The first-order chi connectivity index (χ1) is 13.5. The number of carbonyl (C=O) groups is 3. The molecule has 1 rings (SSSR count). The van der Waals surface area contributed by atoms with E-state index in [1.54, 1.807) is 45.9 Å². The lowest BCUT2D eigenvalue weighted by atomic mass is 10.0. The van der Waals surface area contributed by atoms with Crippen LogP contribution in [0.2, 0.25) is 0 Å². The van der Waals surface area contributed by atoms with Crippen molar-refractivity contribution in [3.63, 3.8) is 0 Å². The number of phenolic OH excluding ortho intramolecular Hbond substituents is 1. The van der Waals surface area contributed by atoms with Crippen molar-refractivity contribution in [3.05, 3.63) is 29.3 Å². The second kappa shape index (κ2) is 10.7. The van der Waals surface area contributed by atoms with E-state index in [0.29, 0.717) is 17.7 Å². The summed E-state index contributed by atoms with van der Waals surface area (Å²) in [6.07, 6.45) is 0.993. The van der Waals surface area contributed by atoms with Crippen LogP contribution < -0.4 is 10.6 Å². The van der Waals surface area contributed by atoms with Gasteiger partial charge in [-0.05, 0) is 39.7 Å². The average molecular weight is 408 g/mol. The molecule has 0 saturated carbocycles. The first kappa shape index (κ1) is 24.3. The lowest BCUT2D eigenvalue weighted by Gasteiger charge is -2.29. The SMILES string of the molecule is CCCCNC(=O)C(c1cccc(C)c1O)N(C)C(=O)CNC(=O)OC(C)(C)C. The molecule has 0 aromatic heterocycles. The van der Waals surface area contributed by atoms with E-state index in [1.165, 1.54) is 11.9 Å². The average Bonchev–Trinajstić information content (AvgIpc) is 2.62. The number of phenols is 1. The van der Waals surface area contributed by atoms with Crippen molar-refractivity contribution < 1.29 is 24.2 Å². The molecule has 1 unspecified atom stereocenters. The van der Waals surface area contributed by atoms with Crippen LogP contribution in [-0.4, -0.2) is 53.7 Å². The molecule has 0 saturated heterocycles. The van der Waals surface area contributed by atoms with Crippen LogP contribution in [0.15, 0.2) is 18.2 Å². The van der Waals surface area contributed by atoms with Crippen molar-refractivity contribution in [2.45, 2.75) is 59.1 Å². The van der Waals surface area contributed by atoms with Gasteiger partial charge < -0.3 is 25.4 Å². The van der Waals surface area contributed by atoms with Crippen molar-refractivity contribution in [2.24, 2.45) is 0 Å². The molecule has 0 heterocycles. The standard InChI is InChI=1S/C21H33N3O5/c1-7-8-12-22-19(27)17(15-11-9-10-14(2)18(15)26)24(6)16(25)13-23-20(28)29-21(3,4)5/h9-11,17,26H,7-8,12-13H2,1-6H3,(H,22,27)(H,23,28). The highest BCUT2D eigenvalue weighted by Crippen LogP contribution is 2.31. The van der Waals surface area contributed by atoms with Crippen molar-refractivity contribution in [3.8, 4) is 5.75 Å². The second-order valence-corrected chi connectivity index (χ2v) is 7.92. The van der Waals surface area contributed by atoms with E-state index in [4.69, 9.17) is 4.74 Å². The molecular formula is C21H33N3O5. The van der Waals surface area contributed by atoms with Gasteiger partial charge in [0, 0.05) is 19.2 Å². The number of alkyl carbamates (subject to hydrolysis) is 1. The Morgan fingerprint density at radius 3 is 2.45 bits per heavy atom. The van der Waals surface area contributed by atoms with E-state index in [2.05, 4.69) is 10.6 Å². The Kier molecular flexibility index (Phi) is 8.94. The largest absolute Gasteiger partial charge is 0.507 e. The predicted molar refractivity (Wildman–Crippen MR) is 111 cm³/mol. The van der Waals surface area contributed by atoms with Crippen molar-refractivity contribution in [1.82, 2.24) is 15.5 Å². The number of para-hydroxylation sites is 1. The van der Waals surface area contributed by atoms with Gasteiger partial charge in [0.1, 0.15) is 23.9 Å². The van der Waals surface area contributed by atoms with Crippen molar-refractivity contribution in [2.75, 3.05) is 20.1 Å². The Bertz CT molecular complexity index is 728. The minimum absolute atomic E-state index is 0.0390. The fourth-order valence-electron chi connectivity index (χ4n) is 2.64. The third kappa shape index (κ3) is 7.63. The van der Waals surface area contributed by atoms with Gasteiger partial charge in [-0.2, -0.15) is 0 Å². The van der Waals surface area contributed by atoms with E-state index in [1.807, 2.05) is 6.92 Å². The summed E-state index contributed by atoms with van der Waals surface area (Å²) in [5.74, 6) is -0.928. The smallest absolute Gasteiger partial charge is 0.408 e. The lowest BCUT2D eigenvalue weighted by Crippen LogP contribution is -2.46. The Hall–Kier alpha value is -2.77. The fraction of sp³-hybridized carbons (Fsp3) is 0.571. The minimum Gasteiger partial charge on any atom is -0.507 e. The summed E-state index contributed by atoms with van der Waals surface area (Å²) in [7, 11) is 1.46. The molecule has 0 radical (unpaired) electrons. The number of aryl methyl sites for hydroxylation is 1. The van der Waals surface area contributed by atoms with E-state index in [-0.39, 0.29) is 12.3 Å². The van der Waals surface area contributed by atoms with Gasteiger partial charge in [0.05, 0.1) is 0 Å². The molecule has 8 nitrogen and oxygen atoms in total. The van der Waals surface area contributed by atoms with E-state index >= 15 is 0 Å². The molecule has 0 aliphatic rings. The quantitative estimate of drug-likeness (QED) is 0.574. The molecule has 0 aliphatic heterocycles. The maximum atomic E-state index is 12.8. The summed E-state index contributed by atoms with van der Waals surface area (Å²) in [6.45, 7) is 9.02. The summed E-state index contributed by atoms with van der Waals surface area (Å²) in [4.78, 5) is 38.5. The number of hydrogen-bond acceptors (Lipinski definition) is 5. The number of amides is 3. The summed E-state index contributed by atoms with van der Waals surface area (Å²) in [5.41, 5.74) is 0.238. The zero-order chi connectivity index (χ0) is 22.2. The van der Waals surface area contributed by atoms with Crippen LogP contribution in [0.5, 0.6) is 5.75 Å². The molecule has 0 aliphatic carbocycles. The molecule has 3 amide bonds. The number of rotatable bonds is 8. The molecule has 29 heavy (non-hydrogen) atoms. The molecule has 0 bridgehead atoms. The van der Waals surface area contributed by atoms with Crippen LogP contribution in [0.25, 0.3) is 0 Å². The monoisotopic (exact) mass is 407 g/mol. The maximum Gasteiger partial charge on any atom is 0.408 e. The number of carbonyl (C=O) groups excluding carboxylic acids is 3. The van der Waals surface area contributed by atoms with Crippen LogP contribution in [0.4, 0.5) is 4.79 Å². The predicted octanol–water partition coefficient (Wildman–Crippen LogP) is 2.64. The van der Waals surface area contributed by atoms with Crippen LogP contribution in [0.1, 0.15) is 57.7 Å². The number of unbranched alkanes of at least 4 members (excludes halogenated alkanes) is 1. The first-order valence-corrected chi connectivity index (χ1v) is 9.76. The molecular weight excluding hydrogens is 374 g/mol. The molecule has 8 heteroatoms. The number of nitrogens with one attached hydrogen (secondary N) is 2. The van der Waals surface area contributed by atoms with Crippen LogP contribution in [0, 0.1) is 6.92 Å². The highest BCUT2D eigenvalue weighted by molar-refractivity contribution is 5.90. The van der Waals surface area contributed by atoms with Crippen molar-refractivity contribution in [1.29, 1.82) is 0 Å². The van der Waals surface area contributed by atoms with E-state index < -0.39 is 29.6 Å². The third-order valence-corrected chi connectivity index (χ3v) is 4.20. The summed E-state index contributed by atoms with van der Waals surface area (Å²) in [5, 5.41) is 15.7. The van der Waals surface area contributed by atoms with Gasteiger partial charge in [0.15, 0.2) is 0 Å². The number of benzene rings is 1. The van der Waals surface area contributed by atoms with Gasteiger partial charge >= 0.3 is 6.09 Å². The second-order valence-electron chi connectivity index (χ2n) is 7.92. The summed E-state index contributed by atoms with van der Waals surface area (Å²) >= 11 is 0. The number of aromatic hydroxyl groups is 1. The molecule has 3 N–H and O–H groups in total.